The molecule has 0 aliphatic carbocycles. The number of fused-ring (bicyclic) bond motifs is 2. The topological polar surface area (TPSA) is 71.6 Å². The first-order valence-corrected chi connectivity index (χ1v) is 12.4. The van der Waals surface area contributed by atoms with E-state index in [0.29, 0.717) is 31.9 Å². The maximum absolute atomic E-state index is 13.5. The number of benzene rings is 2. The molecule has 2 aromatic rings. The van der Waals surface area contributed by atoms with Crippen molar-refractivity contribution in [1.82, 2.24) is 14.7 Å². The van der Waals surface area contributed by atoms with E-state index in [-0.39, 0.29) is 18.3 Å². The Kier molecular flexibility index (Phi) is 7.20. The van der Waals surface area contributed by atoms with E-state index >= 15 is 0 Å². The Hall–Kier alpha value is -3.10. The summed E-state index contributed by atoms with van der Waals surface area (Å²) < 4.78 is 16.9. The molecular weight excluding hydrogens is 446 g/mol. The third kappa shape index (κ3) is 5.60. The van der Waals surface area contributed by atoms with Gasteiger partial charge in [-0.2, -0.15) is 0 Å². The summed E-state index contributed by atoms with van der Waals surface area (Å²) >= 11 is 0. The predicted molar refractivity (Wildman–Crippen MR) is 131 cm³/mol. The number of likely N-dealkylation sites (N-methyl/N-ethyl adjacent to an activating group) is 1. The van der Waals surface area contributed by atoms with Crippen LogP contribution in [0.2, 0.25) is 0 Å². The van der Waals surface area contributed by atoms with Crippen LogP contribution in [0, 0.1) is 0 Å². The fourth-order valence-corrected chi connectivity index (χ4v) is 4.91. The van der Waals surface area contributed by atoms with E-state index in [4.69, 9.17) is 14.2 Å². The number of amides is 1. The monoisotopic (exact) mass is 479 g/mol. The van der Waals surface area contributed by atoms with Crippen molar-refractivity contribution in [2.45, 2.75) is 25.5 Å². The maximum atomic E-state index is 13.5. The van der Waals surface area contributed by atoms with Crippen molar-refractivity contribution in [2.24, 2.45) is 0 Å². The average Bonchev–Trinajstić information content (AvgIpc) is 3.19. The Labute approximate surface area is 206 Å². The first kappa shape index (κ1) is 23.6. The highest BCUT2D eigenvalue weighted by atomic mass is 16.6. The highest BCUT2D eigenvalue weighted by molar-refractivity contribution is 5.94. The first-order valence-electron chi connectivity index (χ1n) is 12.4. The molecule has 2 aromatic carbocycles. The zero-order valence-electron chi connectivity index (χ0n) is 20.3. The number of esters is 1. The Morgan fingerprint density at radius 2 is 1.80 bits per heavy atom. The van der Waals surface area contributed by atoms with Crippen LogP contribution in [0.4, 0.5) is 0 Å². The maximum Gasteiger partial charge on any atom is 0.339 e. The predicted octanol–water partition coefficient (Wildman–Crippen LogP) is 2.73. The van der Waals surface area contributed by atoms with Crippen LogP contribution in [0.15, 0.2) is 42.5 Å². The van der Waals surface area contributed by atoms with Gasteiger partial charge in [0.15, 0.2) is 11.5 Å². The summed E-state index contributed by atoms with van der Waals surface area (Å²) in [6, 6.07) is 13.2. The number of hydrogen-bond acceptors (Lipinski definition) is 7. The molecule has 1 fully saturated rings. The molecule has 1 unspecified atom stereocenters. The molecule has 5 rings (SSSR count). The van der Waals surface area contributed by atoms with Crippen LogP contribution in [-0.2, 0) is 16.1 Å². The van der Waals surface area contributed by atoms with E-state index in [1.54, 1.807) is 6.07 Å². The number of hydrogen-bond donors (Lipinski definition) is 0. The van der Waals surface area contributed by atoms with Gasteiger partial charge < -0.3 is 28.9 Å². The van der Waals surface area contributed by atoms with Crippen molar-refractivity contribution >= 4 is 11.9 Å². The standard InChI is InChI=1S/C27H33N3O5/c1-28-11-13-29(14-12-28)9-4-10-30(19-20-7-8-23-25(17-20)34-16-15-33-23)26(31)18-24-21-5-2-3-6-22(21)27(32)35-24/h2-3,5-8,17,24H,4,9-16,18-19H2,1H3. The Balaban J connectivity index is 1.26. The average molecular weight is 480 g/mol. The van der Waals surface area contributed by atoms with E-state index in [9.17, 15) is 9.59 Å². The lowest BCUT2D eigenvalue weighted by Crippen LogP contribution is -2.45. The van der Waals surface area contributed by atoms with Crippen molar-refractivity contribution in [2.75, 3.05) is 59.5 Å². The van der Waals surface area contributed by atoms with Crippen LogP contribution in [0.5, 0.6) is 11.5 Å². The van der Waals surface area contributed by atoms with Gasteiger partial charge in [0.05, 0.1) is 12.0 Å². The van der Waals surface area contributed by atoms with Gasteiger partial charge in [0.25, 0.3) is 0 Å². The normalized spacial score (nSPS) is 19.8. The van der Waals surface area contributed by atoms with Gasteiger partial charge >= 0.3 is 5.97 Å². The number of cyclic esters (lactones) is 1. The van der Waals surface area contributed by atoms with Crippen LogP contribution in [0.3, 0.4) is 0 Å². The molecule has 1 amide bonds. The summed E-state index contributed by atoms with van der Waals surface area (Å²) in [4.78, 5) is 32.4. The largest absolute Gasteiger partial charge is 0.486 e. The second kappa shape index (κ2) is 10.7. The summed E-state index contributed by atoms with van der Waals surface area (Å²) in [6.07, 6.45) is 0.495. The summed E-state index contributed by atoms with van der Waals surface area (Å²) in [5.74, 6) is 1.08. The van der Waals surface area contributed by atoms with Crippen LogP contribution in [0.1, 0.15) is 40.4 Å². The van der Waals surface area contributed by atoms with Crippen molar-refractivity contribution < 1.29 is 23.8 Å². The van der Waals surface area contributed by atoms with Gasteiger partial charge in [-0.1, -0.05) is 24.3 Å². The Morgan fingerprint density at radius 1 is 1.03 bits per heavy atom. The molecule has 0 aromatic heterocycles. The molecule has 1 atom stereocenters. The zero-order chi connectivity index (χ0) is 24.2. The van der Waals surface area contributed by atoms with Gasteiger partial charge in [-0.3, -0.25) is 4.79 Å². The number of carbonyl (C=O) groups is 2. The van der Waals surface area contributed by atoms with E-state index < -0.39 is 6.10 Å². The van der Waals surface area contributed by atoms with Gasteiger partial charge in [-0.05, 0) is 43.8 Å². The summed E-state index contributed by atoms with van der Waals surface area (Å²) in [7, 11) is 2.15. The number of ether oxygens (including phenoxy) is 3. The van der Waals surface area contributed by atoms with Crippen LogP contribution in [-0.4, -0.2) is 86.1 Å². The minimum Gasteiger partial charge on any atom is -0.486 e. The first-order chi connectivity index (χ1) is 17.1. The molecule has 0 bridgehead atoms. The van der Waals surface area contributed by atoms with Crippen molar-refractivity contribution in [3.8, 4) is 11.5 Å². The molecule has 3 aliphatic heterocycles. The summed E-state index contributed by atoms with van der Waals surface area (Å²) in [5.41, 5.74) is 2.34. The van der Waals surface area contributed by atoms with Crippen LogP contribution >= 0.6 is 0 Å². The molecule has 3 heterocycles. The summed E-state index contributed by atoms with van der Waals surface area (Å²) in [5, 5.41) is 0. The third-order valence-corrected chi connectivity index (χ3v) is 6.97. The van der Waals surface area contributed by atoms with Gasteiger partial charge in [0.2, 0.25) is 5.91 Å². The second-order valence-corrected chi connectivity index (χ2v) is 9.48. The van der Waals surface area contributed by atoms with E-state index in [0.717, 1.165) is 61.8 Å². The van der Waals surface area contributed by atoms with E-state index in [2.05, 4.69) is 16.8 Å². The van der Waals surface area contributed by atoms with Crippen LogP contribution in [0.25, 0.3) is 0 Å². The molecule has 0 radical (unpaired) electrons. The fourth-order valence-electron chi connectivity index (χ4n) is 4.91. The minimum atomic E-state index is -0.536. The molecule has 8 heteroatoms. The van der Waals surface area contributed by atoms with Gasteiger partial charge in [-0.25, -0.2) is 4.79 Å². The van der Waals surface area contributed by atoms with E-state index in [1.807, 2.05) is 41.3 Å². The second-order valence-electron chi connectivity index (χ2n) is 9.48. The van der Waals surface area contributed by atoms with Gasteiger partial charge in [0.1, 0.15) is 19.3 Å². The Bertz CT molecular complexity index is 1070. The Morgan fingerprint density at radius 3 is 2.63 bits per heavy atom. The SMILES string of the molecule is CN1CCN(CCCN(Cc2ccc3c(c2)OCCO3)C(=O)CC2OC(=O)c3ccccc32)CC1. The minimum absolute atomic E-state index is 0.0206. The lowest BCUT2D eigenvalue weighted by molar-refractivity contribution is -0.134. The van der Waals surface area contributed by atoms with Crippen molar-refractivity contribution in [1.29, 1.82) is 0 Å². The number of nitrogens with zero attached hydrogens (tertiary/aromatic N) is 3. The van der Waals surface area contributed by atoms with Gasteiger partial charge in [-0.15, -0.1) is 0 Å². The van der Waals surface area contributed by atoms with Crippen LogP contribution < -0.4 is 9.47 Å². The zero-order valence-corrected chi connectivity index (χ0v) is 20.3. The highest BCUT2D eigenvalue weighted by Crippen LogP contribution is 2.34. The molecule has 3 aliphatic rings. The molecule has 8 nitrogen and oxygen atoms in total. The molecule has 0 N–H and O–H groups in total. The van der Waals surface area contributed by atoms with Gasteiger partial charge in [0, 0.05) is 44.8 Å². The smallest absolute Gasteiger partial charge is 0.339 e. The van der Waals surface area contributed by atoms with Crippen molar-refractivity contribution in [3.63, 3.8) is 0 Å². The van der Waals surface area contributed by atoms with E-state index in [1.165, 1.54) is 0 Å². The quantitative estimate of drug-likeness (QED) is 0.539. The molecule has 1 saturated heterocycles. The lowest BCUT2D eigenvalue weighted by Gasteiger charge is -2.33. The summed E-state index contributed by atoms with van der Waals surface area (Å²) in [6.45, 7) is 7.41. The highest BCUT2D eigenvalue weighted by Gasteiger charge is 2.33. The lowest BCUT2D eigenvalue weighted by atomic mass is 10.0. The number of rotatable bonds is 8. The fraction of sp³-hybridized carbons (Fsp3) is 0.481. The molecule has 0 spiro atoms. The van der Waals surface area contributed by atoms with Crippen molar-refractivity contribution in [3.05, 3.63) is 59.2 Å². The molecule has 0 saturated carbocycles. The molecule has 35 heavy (non-hydrogen) atoms. The molecule has 186 valence electrons. The molecular formula is C27H33N3O5. The number of piperazine rings is 1. The number of carbonyl (C=O) groups excluding carboxylic acids is 2. The third-order valence-electron chi connectivity index (χ3n) is 6.97.